The summed E-state index contributed by atoms with van der Waals surface area (Å²) in [5.41, 5.74) is 3.06. The zero-order valence-corrected chi connectivity index (χ0v) is 25.8. The van der Waals surface area contributed by atoms with Gasteiger partial charge in [-0.1, -0.05) is 77.5 Å². The van der Waals surface area contributed by atoms with Crippen LogP contribution in [0.3, 0.4) is 0 Å². The van der Waals surface area contributed by atoms with Gasteiger partial charge in [-0.25, -0.2) is 0 Å². The van der Waals surface area contributed by atoms with E-state index in [0.717, 1.165) is 49.5 Å². The summed E-state index contributed by atoms with van der Waals surface area (Å²) >= 11 is 19.5. The van der Waals surface area contributed by atoms with Gasteiger partial charge in [-0.05, 0) is 48.0 Å². The number of anilines is 1. The van der Waals surface area contributed by atoms with Crippen LogP contribution in [0.5, 0.6) is 5.75 Å². The molecule has 0 aliphatic carbocycles. The molecule has 0 unspecified atom stereocenters. The zero-order valence-electron chi connectivity index (χ0n) is 22.7. The van der Waals surface area contributed by atoms with Crippen molar-refractivity contribution in [1.29, 1.82) is 0 Å². The van der Waals surface area contributed by atoms with E-state index < -0.39 is 0 Å². The number of amides is 2. The Balaban J connectivity index is 1.30. The maximum atomic E-state index is 13.2. The topological polar surface area (TPSA) is 71.1 Å². The lowest BCUT2D eigenvalue weighted by atomic mass is 10.0. The van der Waals surface area contributed by atoms with Crippen LogP contribution >= 0.6 is 47.2 Å². The molecule has 2 aliphatic rings. The smallest absolute Gasteiger partial charge is 0.266 e. The Morgan fingerprint density at radius 3 is 2.57 bits per heavy atom. The molecule has 5 rings (SSSR count). The molecule has 1 N–H and O–H groups in total. The van der Waals surface area contributed by atoms with E-state index in [9.17, 15) is 9.59 Å². The van der Waals surface area contributed by atoms with Crippen LogP contribution in [0.1, 0.15) is 12.0 Å². The summed E-state index contributed by atoms with van der Waals surface area (Å²) in [6.45, 7) is 4.71. The van der Waals surface area contributed by atoms with Gasteiger partial charge in [0.1, 0.15) is 16.7 Å². The van der Waals surface area contributed by atoms with Crippen molar-refractivity contribution in [3.63, 3.8) is 0 Å². The van der Waals surface area contributed by atoms with Gasteiger partial charge in [-0.2, -0.15) is 0 Å². The van der Waals surface area contributed by atoms with Crippen molar-refractivity contribution in [1.82, 2.24) is 9.80 Å². The Morgan fingerprint density at radius 2 is 1.81 bits per heavy atom. The van der Waals surface area contributed by atoms with Crippen molar-refractivity contribution in [3.05, 3.63) is 87.2 Å². The van der Waals surface area contributed by atoms with E-state index in [-0.39, 0.29) is 24.8 Å². The van der Waals surface area contributed by atoms with Crippen molar-refractivity contribution in [3.8, 4) is 16.9 Å². The quantitative estimate of drug-likeness (QED) is 0.197. The van der Waals surface area contributed by atoms with E-state index in [2.05, 4.69) is 10.2 Å². The summed E-state index contributed by atoms with van der Waals surface area (Å²) in [5, 5.41) is 3.87. The molecule has 7 nitrogen and oxygen atoms in total. The molecule has 0 radical (unpaired) electrons. The van der Waals surface area contributed by atoms with Crippen molar-refractivity contribution >= 4 is 75.1 Å². The number of rotatable bonds is 10. The first-order valence-corrected chi connectivity index (χ1v) is 15.5. The van der Waals surface area contributed by atoms with Gasteiger partial charge in [0.25, 0.3) is 5.91 Å². The van der Waals surface area contributed by atoms with Crippen molar-refractivity contribution in [2.45, 2.75) is 6.42 Å². The molecule has 3 aromatic carbocycles. The van der Waals surface area contributed by atoms with Gasteiger partial charge in [0, 0.05) is 54.4 Å². The summed E-state index contributed by atoms with van der Waals surface area (Å²) in [7, 11) is 0. The molecule has 2 heterocycles. The number of carbonyl (C=O) groups excluding carboxylic acids is 2. The van der Waals surface area contributed by atoms with Crippen LogP contribution in [0.25, 0.3) is 17.2 Å². The third-order valence-electron chi connectivity index (χ3n) is 6.79. The summed E-state index contributed by atoms with van der Waals surface area (Å²) < 4.78 is 12.1. The van der Waals surface area contributed by atoms with Gasteiger partial charge >= 0.3 is 0 Å². The molecule has 0 aromatic heterocycles. The zero-order chi connectivity index (χ0) is 29.5. The molecule has 3 aromatic rings. The van der Waals surface area contributed by atoms with Gasteiger partial charge in [-0.3, -0.25) is 19.4 Å². The number of benzene rings is 3. The average molecular weight is 643 g/mol. The van der Waals surface area contributed by atoms with Crippen molar-refractivity contribution < 1.29 is 19.1 Å². The molecule has 0 atom stereocenters. The molecule has 42 heavy (non-hydrogen) atoms. The lowest BCUT2D eigenvalue weighted by molar-refractivity contribution is -0.122. The van der Waals surface area contributed by atoms with E-state index in [1.54, 1.807) is 18.2 Å². The molecule has 218 valence electrons. The van der Waals surface area contributed by atoms with Crippen LogP contribution < -0.4 is 10.1 Å². The van der Waals surface area contributed by atoms with E-state index in [1.807, 2.05) is 54.6 Å². The fourth-order valence-corrected chi connectivity index (χ4v) is 6.41. The minimum atomic E-state index is -0.227. The van der Waals surface area contributed by atoms with Gasteiger partial charge in [0.15, 0.2) is 0 Å². The van der Waals surface area contributed by atoms with Crippen LogP contribution in [0.4, 0.5) is 5.69 Å². The number of nitrogens with zero attached hydrogens (tertiary/aromatic N) is 2. The van der Waals surface area contributed by atoms with Crippen molar-refractivity contribution in [2.75, 3.05) is 51.3 Å². The van der Waals surface area contributed by atoms with Crippen LogP contribution in [0, 0.1) is 0 Å². The highest BCUT2D eigenvalue weighted by molar-refractivity contribution is 8.26. The highest BCUT2D eigenvalue weighted by Crippen LogP contribution is 2.39. The normalized spacial score (nSPS) is 16.7. The molecule has 0 saturated carbocycles. The van der Waals surface area contributed by atoms with Gasteiger partial charge in [0.2, 0.25) is 5.91 Å². The lowest BCUT2D eigenvalue weighted by Gasteiger charge is -2.26. The number of hydrogen-bond donors (Lipinski definition) is 1. The first-order chi connectivity index (χ1) is 20.4. The molecular weight excluding hydrogens is 613 g/mol. The number of ether oxygens (including phenoxy) is 2. The second kappa shape index (κ2) is 14.5. The maximum Gasteiger partial charge on any atom is 0.266 e. The Kier molecular flexibility index (Phi) is 10.5. The summed E-state index contributed by atoms with van der Waals surface area (Å²) in [6.07, 6.45) is 1.93. The first-order valence-electron chi connectivity index (χ1n) is 13.5. The highest BCUT2D eigenvalue weighted by Gasteiger charge is 2.32. The third-order valence-corrected chi connectivity index (χ3v) is 8.71. The Hall–Kier alpha value is -2.92. The number of thiocarbonyl (C=S) groups is 1. The number of thioether (sulfide) groups is 1. The average Bonchev–Trinajstić information content (AvgIpc) is 3.25. The lowest BCUT2D eigenvalue weighted by Crippen LogP contribution is -2.38. The number of morpholine rings is 1. The van der Waals surface area contributed by atoms with E-state index in [4.69, 9.17) is 44.9 Å². The maximum absolute atomic E-state index is 13.2. The SMILES string of the molecule is O=C(CCN1C(=O)/C(=C/c2ccc(OCCN3CCOCC3)c(-c3ccc(Cl)cc3Cl)c2)SC1=S)Nc1ccccc1. The van der Waals surface area contributed by atoms with Crippen LogP contribution in [-0.2, 0) is 14.3 Å². The third kappa shape index (κ3) is 7.92. The second-order valence-electron chi connectivity index (χ2n) is 9.68. The van der Waals surface area contributed by atoms with E-state index >= 15 is 0 Å². The van der Waals surface area contributed by atoms with Crippen LogP contribution in [-0.4, -0.2) is 71.9 Å². The minimum Gasteiger partial charge on any atom is -0.492 e. The summed E-state index contributed by atoms with van der Waals surface area (Å²) in [5.74, 6) is 0.268. The molecule has 2 aliphatic heterocycles. The summed E-state index contributed by atoms with van der Waals surface area (Å²) in [6, 6.07) is 20.3. The van der Waals surface area contributed by atoms with Gasteiger partial charge < -0.3 is 14.8 Å². The number of halogens is 2. The van der Waals surface area contributed by atoms with Crippen LogP contribution in [0.2, 0.25) is 10.0 Å². The highest BCUT2D eigenvalue weighted by atomic mass is 35.5. The molecular formula is C31H29Cl2N3O4S2. The second-order valence-corrected chi connectivity index (χ2v) is 12.2. The monoisotopic (exact) mass is 641 g/mol. The predicted octanol–water partition coefficient (Wildman–Crippen LogP) is 6.60. The van der Waals surface area contributed by atoms with Crippen molar-refractivity contribution in [2.24, 2.45) is 0 Å². The first kappa shape index (κ1) is 30.5. The molecule has 0 bridgehead atoms. The number of para-hydroxylation sites is 1. The molecule has 2 fully saturated rings. The predicted molar refractivity (Wildman–Crippen MR) is 174 cm³/mol. The van der Waals surface area contributed by atoms with E-state index in [1.165, 1.54) is 16.7 Å². The summed E-state index contributed by atoms with van der Waals surface area (Å²) in [4.78, 5) is 29.9. The molecule has 2 saturated heterocycles. The number of carbonyl (C=O) groups is 2. The van der Waals surface area contributed by atoms with Crippen LogP contribution in [0.15, 0.2) is 71.6 Å². The minimum absolute atomic E-state index is 0.129. The van der Waals surface area contributed by atoms with E-state index in [0.29, 0.717) is 37.3 Å². The fourth-order valence-electron chi connectivity index (χ4n) is 4.59. The number of nitrogens with one attached hydrogen (secondary N) is 1. The molecule has 2 amide bonds. The Labute approximate surface area is 264 Å². The molecule has 0 spiro atoms. The fraction of sp³-hybridized carbons (Fsp3) is 0.258. The molecule has 11 heteroatoms. The van der Waals surface area contributed by atoms with Gasteiger partial charge in [0.05, 0.1) is 23.1 Å². The van der Waals surface area contributed by atoms with Gasteiger partial charge in [-0.15, -0.1) is 0 Å². The Bertz CT molecular complexity index is 1500. The Morgan fingerprint density at radius 1 is 1.02 bits per heavy atom. The standard InChI is InChI=1S/C31H29Cl2N3O4S2/c32-22-7-8-24(26(33)20-22)25-18-21(6-9-27(25)40-17-14-35-12-15-39-16-13-35)19-28-30(38)36(31(41)42-28)11-10-29(37)34-23-4-2-1-3-5-23/h1-9,18-20H,10-17H2,(H,34,37)/b28-19-. The number of hydrogen-bond acceptors (Lipinski definition) is 7. The largest absolute Gasteiger partial charge is 0.492 e.